The topological polar surface area (TPSA) is 56.3 Å². The molecule has 0 bridgehead atoms. The average molecular weight is 433 g/mol. The molecule has 1 atom stereocenters. The van der Waals surface area contributed by atoms with Crippen LogP contribution in [-0.2, 0) is 9.53 Å². The van der Waals surface area contributed by atoms with Gasteiger partial charge >= 0.3 is 6.09 Å². The first-order valence-corrected chi connectivity index (χ1v) is 11.2. The highest BCUT2D eigenvalue weighted by Gasteiger charge is 2.51. The molecule has 3 heterocycles. The number of methoxy groups -OCH3 is 1. The molecule has 1 aromatic rings. The molecule has 0 aromatic heterocycles. The first kappa shape index (κ1) is 21.9. The van der Waals surface area contributed by atoms with E-state index in [0.717, 1.165) is 64.1 Å². The third-order valence-electron chi connectivity index (χ3n) is 7.44. The molecular formula is C23H33FN4O3. The number of likely N-dealkylation sites (tertiary alicyclic amines) is 2. The fourth-order valence-corrected chi connectivity index (χ4v) is 5.39. The molecule has 0 radical (unpaired) electrons. The van der Waals surface area contributed by atoms with Crippen molar-refractivity contribution in [1.82, 2.24) is 14.7 Å². The van der Waals surface area contributed by atoms with Gasteiger partial charge < -0.3 is 19.4 Å². The Hall–Kier alpha value is -2.35. The number of anilines is 1. The molecule has 3 aliphatic rings. The summed E-state index contributed by atoms with van der Waals surface area (Å²) in [7, 11) is 3.33. The monoisotopic (exact) mass is 432 g/mol. The Morgan fingerprint density at radius 2 is 1.74 bits per heavy atom. The third kappa shape index (κ3) is 4.49. The summed E-state index contributed by atoms with van der Waals surface area (Å²) in [5.41, 5.74) is 0.757. The van der Waals surface area contributed by atoms with Gasteiger partial charge in [-0.05, 0) is 49.9 Å². The van der Waals surface area contributed by atoms with Gasteiger partial charge in [-0.1, -0.05) is 0 Å². The molecule has 0 N–H and O–H groups in total. The Morgan fingerprint density at radius 1 is 1.10 bits per heavy atom. The Bertz CT molecular complexity index is 787. The molecule has 31 heavy (non-hydrogen) atoms. The van der Waals surface area contributed by atoms with E-state index < -0.39 is 0 Å². The number of amides is 2. The van der Waals surface area contributed by atoms with E-state index in [1.54, 1.807) is 4.90 Å². The average Bonchev–Trinajstić information content (AvgIpc) is 3.03. The zero-order valence-corrected chi connectivity index (χ0v) is 18.6. The number of ether oxygens (including phenoxy) is 1. The summed E-state index contributed by atoms with van der Waals surface area (Å²) >= 11 is 0. The van der Waals surface area contributed by atoms with Gasteiger partial charge in [0.25, 0.3) is 0 Å². The highest BCUT2D eigenvalue weighted by molar-refractivity contribution is 5.85. The molecule has 1 spiro atoms. The summed E-state index contributed by atoms with van der Waals surface area (Å²) < 4.78 is 18.0. The van der Waals surface area contributed by atoms with Crippen LogP contribution in [-0.4, -0.2) is 92.7 Å². The summed E-state index contributed by atoms with van der Waals surface area (Å²) in [5.74, 6) is 0.0366. The predicted octanol–water partition coefficient (Wildman–Crippen LogP) is 2.42. The van der Waals surface area contributed by atoms with Crippen LogP contribution in [0.25, 0.3) is 0 Å². The van der Waals surface area contributed by atoms with Crippen molar-refractivity contribution in [3.05, 3.63) is 30.1 Å². The van der Waals surface area contributed by atoms with Gasteiger partial charge in [-0.25, -0.2) is 9.18 Å². The van der Waals surface area contributed by atoms with Gasteiger partial charge in [0.1, 0.15) is 5.82 Å². The molecule has 170 valence electrons. The van der Waals surface area contributed by atoms with Crippen molar-refractivity contribution in [3.8, 4) is 0 Å². The lowest BCUT2D eigenvalue weighted by Gasteiger charge is -2.37. The van der Waals surface area contributed by atoms with Gasteiger partial charge in [-0.3, -0.25) is 9.69 Å². The van der Waals surface area contributed by atoms with Gasteiger partial charge in [0, 0.05) is 64.6 Å². The van der Waals surface area contributed by atoms with Crippen molar-refractivity contribution in [1.29, 1.82) is 0 Å². The molecule has 8 heteroatoms. The summed E-state index contributed by atoms with van der Waals surface area (Å²) in [6.07, 6.45) is 3.00. The van der Waals surface area contributed by atoms with Crippen LogP contribution in [0.15, 0.2) is 24.3 Å². The van der Waals surface area contributed by atoms with Crippen LogP contribution in [0.2, 0.25) is 0 Å². The molecule has 3 fully saturated rings. The third-order valence-corrected chi connectivity index (χ3v) is 7.44. The summed E-state index contributed by atoms with van der Waals surface area (Å²) in [4.78, 5) is 33.2. The number of halogens is 1. The second-order valence-electron chi connectivity index (χ2n) is 9.11. The van der Waals surface area contributed by atoms with Crippen molar-refractivity contribution in [2.75, 3.05) is 64.9 Å². The number of piperazine rings is 1. The van der Waals surface area contributed by atoms with E-state index in [9.17, 15) is 14.0 Å². The Balaban J connectivity index is 1.25. The first-order valence-electron chi connectivity index (χ1n) is 11.2. The number of rotatable bonds is 4. The van der Waals surface area contributed by atoms with Crippen molar-refractivity contribution >= 4 is 17.7 Å². The molecule has 4 rings (SSSR count). The SMILES string of the molecule is COC(=O)N1CCC2(CC1)C[C@H](CCN1CCN(c3ccc(F)cc3)CC1)N(C)C2=O. The van der Waals surface area contributed by atoms with E-state index in [1.165, 1.54) is 19.2 Å². The Kier molecular flexibility index (Phi) is 6.36. The second kappa shape index (κ2) is 9.02. The molecule has 1 aromatic carbocycles. The highest BCUT2D eigenvalue weighted by Crippen LogP contribution is 2.44. The fourth-order valence-electron chi connectivity index (χ4n) is 5.39. The summed E-state index contributed by atoms with van der Waals surface area (Å²) in [6, 6.07) is 6.97. The Labute approximate surface area is 183 Å². The zero-order chi connectivity index (χ0) is 22.0. The second-order valence-corrected chi connectivity index (χ2v) is 9.11. The maximum atomic E-state index is 13.1. The van der Waals surface area contributed by atoms with E-state index in [4.69, 9.17) is 4.74 Å². The summed E-state index contributed by atoms with van der Waals surface area (Å²) in [5, 5.41) is 0. The number of benzene rings is 1. The van der Waals surface area contributed by atoms with Crippen LogP contribution in [0.4, 0.5) is 14.9 Å². The zero-order valence-electron chi connectivity index (χ0n) is 18.6. The van der Waals surface area contributed by atoms with Crippen molar-refractivity contribution in [2.45, 2.75) is 31.7 Å². The van der Waals surface area contributed by atoms with Crippen molar-refractivity contribution < 1.29 is 18.7 Å². The standard InChI is InChI=1S/C23H33FN4O3/c1-25-20(17-23(21(25)29)8-11-28(12-9-23)22(30)31-2)7-10-26-13-15-27(16-14-26)19-5-3-18(24)4-6-19/h3-6,20H,7-17H2,1-2H3/t20-/m0/s1. The van der Waals surface area contributed by atoms with Crippen LogP contribution in [0.1, 0.15) is 25.7 Å². The number of piperidine rings is 1. The normalized spacial score (nSPS) is 24.2. The molecular weight excluding hydrogens is 399 g/mol. The van der Waals surface area contributed by atoms with E-state index >= 15 is 0 Å². The van der Waals surface area contributed by atoms with E-state index in [2.05, 4.69) is 9.80 Å². The molecule has 3 aliphatic heterocycles. The smallest absolute Gasteiger partial charge is 0.409 e. The van der Waals surface area contributed by atoms with Crippen LogP contribution >= 0.6 is 0 Å². The lowest BCUT2D eigenvalue weighted by molar-refractivity contribution is -0.137. The maximum absolute atomic E-state index is 13.1. The number of hydrogen-bond acceptors (Lipinski definition) is 5. The minimum Gasteiger partial charge on any atom is -0.453 e. The van der Waals surface area contributed by atoms with Gasteiger partial charge in [0.15, 0.2) is 0 Å². The van der Waals surface area contributed by atoms with Crippen LogP contribution < -0.4 is 4.90 Å². The number of carbonyl (C=O) groups is 2. The molecule has 3 saturated heterocycles. The van der Waals surface area contributed by atoms with E-state index in [-0.39, 0.29) is 29.3 Å². The lowest BCUT2D eigenvalue weighted by Crippen LogP contribution is -2.47. The lowest BCUT2D eigenvalue weighted by atomic mass is 9.76. The van der Waals surface area contributed by atoms with Gasteiger partial charge in [-0.2, -0.15) is 0 Å². The van der Waals surface area contributed by atoms with Crippen molar-refractivity contribution in [3.63, 3.8) is 0 Å². The largest absolute Gasteiger partial charge is 0.453 e. The minimum atomic E-state index is -0.314. The van der Waals surface area contributed by atoms with E-state index in [0.29, 0.717) is 13.1 Å². The summed E-state index contributed by atoms with van der Waals surface area (Å²) in [6.45, 7) is 5.96. The van der Waals surface area contributed by atoms with Gasteiger partial charge in [0.05, 0.1) is 12.5 Å². The van der Waals surface area contributed by atoms with E-state index in [1.807, 2.05) is 24.1 Å². The van der Waals surface area contributed by atoms with Crippen LogP contribution in [0, 0.1) is 11.2 Å². The fraction of sp³-hybridized carbons (Fsp3) is 0.652. The molecule has 2 amide bonds. The molecule has 7 nitrogen and oxygen atoms in total. The van der Waals surface area contributed by atoms with Gasteiger partial charge in [-0.15, -0.1) is 0 Å². The van der Waals surface area contributed by atoms with Crippen molar-refractivity contribution in [2.24, 2.45) is 5.41 Å². The molecule has 0 saturated carbocycles. The predicted molar refractivity (Wildman–Crippen MR) is 116 cm³/mol. The highest BCUT2D eigenvalue weighted by atomic mass is 19.1. The minimum absolute atomic E-state index is 0.202. The maximum Gasteiger partial charge on any atom is 0.409 e. The molecule has 0 unspecified atom stereocenters. The van der Waals surface area contributed by atoms with Gasteiger partial charge in [0.2, 0.25) is 5.91 Å². The first-order chi connectivity index (χ1) is 14.9. The van der Waals surface area contributed by atoms with Crippen LogP contribution in [0.3, 0.4) is 0 Å². The number of carbonyl (C=O) groups excluding carboxylic acids is 2. The number of nitrogens with zero attached hydrogens (tertiary/aromatic N) is 4. The quantitative estimate of drug-likeness (QED) is 0.732. The van der Waals surface area contributed by atoms with Crippen LogP contribution in [0.5, 0.6) is 0 Å². The Morgan fingerprint density at radius 3 is 2.35 bits per heavy atom. The molecule has 0 aliphatic carbocycles. The number of hydrogen-bond donors (Lipinski definition) is 0.